The van der Waals surface area contributed by atoms with Crippen molar-refractivity contribution in [1.29, 1.82) is 0 Å². The van der Waals surface area contributed by atoms with Gasteiger partial charge < -0.3 is 5.32 Å². The molecule has 2 heterocycles. The molecule has 5 nitrogen and oxygen atoms in total. The summed E-state index contributed by atoms with van der Waals surface area (Å²) in [5, 5.41) is 16.4. The molecule has 0 aliphatic carbocycles. The molecule has 3 aromatic rings. The van der Waals surface area contributed by atoms with Gasteiger partial charge in [-0.2, -0.15) is 16.3 Å². The van der Waals surface area contributed by atoms with Crippen LogP contribution in [-0.4, -0.2) is 38.4 Å². The third-order valence-corrected chi connectivity index (χ3v) is 4.07. The van der Waals surface area contributed by atoms with Gasteiger partial charge in [0.25, 0.3) is 0 Å². The first kappa shape index (κ1) is 14.8. The molecular formula is C16H19N5S. The molecule has 0 spiro atoms. The summed E-state index contributed by atoms with van der Waals surface area (Å²) >= 11 is 1.89. The van der Waals surface area contributed by atoms with Crippen molar-refractivity contribution in [3.8, 4) is 11.4 Å². The molecular weight excluding hydrogens is 294 g/mol. The SMILES string of the molecule is CSCCCCNc1ccc2nnc(-c3ccccc3)n2n1. The number of fused-ring (bicyclic) bond motifs is 1. The van der Waals surface area contributed by atoms with Crippen molar-refractivity contribution < 1.29 is 0 Å². The monoisotopic (exact) mass is 313 g/mol. The second-order valence-corrected chi connectivity index (χ2v) is 5.99. The zero-order valence-electron chi connectivity index (χ0n) is 12.6. The van der Waals surface area contributed by atoms with E-state index in [0.717, 1.165) is 35.8 Å². The van der Waals surface area contributed by atoms with Crippen LogP contribution in [0.25, 0.3) is 17.0 Å². The molecule has 3 rings (SSSR count). The molecule has 0 bridgehead atoms. The molecule has 1 N–H and O–H groups in total. The van der Waals surface area contributed by atoms with Crippen molar-refractivity contribution in [2.75, 3.05) is 23.9 Å². The van der Waals surface area contributed by atoms with Gasteiger partial charge in [0.2, 0.25) is 0 Å². The summed E-state index contributed by atoms with van der Waals surface area (Å²) in [4.78, 5) is 0. The molecule has 0 saturated carbocycles. The van der Waals surface area contributed by atoms with E-state index in [1.54, 1.807) is 4.52 Å². The first-order chi connectivity index (χ1) is 10.9. The molecule has 0 atom stereocenters. The summed E-state index contributed by atoms with van der Waals surface area (Å²) in [5.41, 5.74) is 1.77. The van der Waals surface area contributed by atoms with Crippen molar-refractivity contribution in [3.05, 3.63) is 42.5 Å². The average molecular weight is 313 g/mol. The Kier molecular flexibility index (Phi) is 4.90. The number of rotatable bonds is 7. The number of nitrogens with zero attached hydrogens (tertiary/aromatic N) is 4. The molecule has 6 heteroatoms. The van der Waals surface area contributed by atoms with Crippen LogP contribution < -0.4 is 5.32 Å². The van der Waals surface area contributed by atoms with E-state index in [2.05, 4.69) is 26.9 Å². The minimum absolute atomic E-state index is 0.756. The van der Waals surface area contributed by atoms with Crippen molar-refractivity contribution in [3.63, 3.8) is 0 Å². The largest absolute Gasteiger partial charge is 0.369 e. The lowest BCUT2D eigenvalue weighted by molar-refractivity contribution is 0.830. The van der Waals surface area contributed by atoms with Gasteiger partial charge in [-0.25, -0.2) is 0 Å². The van der Waals surface area contributed by atoms with Gasteiger partial charge in [-0.15, -0.1) is 15.3 Å². The molecule has 2 aromatic heterocycles. The van der Waals surface area contributed by atoms with Gasteiger partial charge in [0.1, 0.15) is 5.82 Å². The van der Waals surface area contributed by atoms with Gasteiger partial charge in [-0.05, 0) is 37.0 Å². The quantitative estimate of drug-likeness (QED) is 0.678. The maximum Gasteiger partial charge on any atom is 0.185 e. The van der Waals surface area contributed by atoms with E-state index in [-0.39, 0.29) is 0 Å². The van der Waals surface area contributed by atoms with E-state index in [4.69, 9.17) is 0 Å². The zero-order valence-corrected chi connectivity index (χ0v) is 13.4. The number of thioether (sulfide) groups is 1. The summed E-state index contributed by atoms with van der Waals surface area (Å²) in [6.07, 6.45) is 4.51. The smallest absolute Gasteiger partial charge is 0.185 e. The van der Waals surface area contributed by atoms with Crippen molar-refractivity contribution in [1.82, 2.24) is 19.8 Å². The summed E-state index contributed by atoms with van der Waals surface area (Å²) in [6.45, 7) is 0.932. The van der Waals surface area contributed by atoms with Crippen molar-refractivity contribution in [2.24, 2.45) is 0 Å². The zero-order chi connectivity index (χ0) is 15.2. The van der Waals surface area contributed by atoms with Gasteiger partial charge in [0, 0.05) is 12.1 Å². The van der Waals surface area contributed by atoms with Crippen LogP contribution in [0.2, 0.25) is 0 Å². The molecule has 1 aromatic carbocycles. The number of nitrogens with one attached hydrogen (secondary N) is 1. The fourth-order valence-electron chi connectivity index (χ4n) is 2.24. The number of aromatic nitrogens is 4. The van der Waals surface area contributed by atoms with Crippen LogP contribution in [-0.2, 0) is 0 Å². The summed E-state index contributed by atoms with van der Waals surface area (Å²) in [5.74, 6) is 2.83. The van der Waals surface area contributed by atoms with E-state index in [9.17, 15) is 0 Å². The first-order valence-corrected chi connectivity index (χ1v) is 8.78. The standard InChI is InChI=1S/C16H19N5S/c1-22-12-6-5-11-17-14-9-10-15-18-19-16(21(15)20-14)13-7-3-2-4-8-13/h2-4,7-10H,5-6,11-12H2,1H3,(H,17,20). The summed E-state index contributed by atoms with van der Waals surface area (Å²) < 4.78 is 1.79. The highest BCUT2D eigenvalue weighted by atomic mass is 32.2. The maximum absolute atomic E-state index is 4.60. The Balaban J connectivity index is 1.77. The van der Waals surface area contributed by atoms with Crippen LogP contribution in [0.3, 0.4) is 0 Å². The number of benzene rings is 1. The number of hydrogen-bond acceptors (Lipinski definition) is 5. The second-order valence-electron chi connectivity index (χ2n) is 5.00. The second kappa shape index (κ2) is 7.26. The fourth-order valence-corrected chi connectivity index (χ4v) is 2.73. The highest BCUT2D eigenvalue weighted by molar-refractivity contribution is 7.98. The molecule has 0 amide bonds. The Bertz CT molecular complexity index is 726. The fraction of sp³-hybridized carbons (Fsp3) is 0.312. The Morgan fingerprint density at radius 3 is 2.73 bits per heavy atom. The summed E-state index contributed by atoms with van der Waals surface area (Å²) in [7, 11) is 0. The first-order valence-electron chi connectivity index (χ1n) is 7.39. The Morgan fingerprint density at radius 1 is 1.05 bits per heavy atom. The Labute approximate surface area is 134 Å². The van der Waals surface area contributed by atoms with E-state index >= 15 is 0 Å². The van der Waals surface area contributed by atoms with Gasteiger partial charge in [0.05, 0.1) is 0 Å². The van der Waals surface area contributed by atoms with Gasteiger partial charge in [0.15, 0.2) is 11.5 Å². The highest BCUT2D eigenvalue weighted by Gasteiger charge is 2.09. The Morgan fingerprint density at radius 2 is 1.91 bits per heavy atom. The molecule has 0 saturated heterocycles. The predicted octanol–water partition coefficient (Wildman–Crippen LogP) is 3.35. The topological polar surface area (TPSA) is 55.1 Å². The third-order valence-electron chi connectivity index (χ3n) is 3.38. The number of hydrogen-bond donors (Lipinski definition) is 1. The lowest BCUT2D eigenvalue weighted by Crippen LogP contribution is -2.06. The average Bonchev–Trinajstić information content (AvgIpc) is 2.99. The van der Waals surface area contributed by atoms with Gasteiger partial charge >= 0.3 is 0 Å². The lowest BCUT2D eigenvalue weighted by atomic mass is 10.2. The molecule has 0 aliphatic rings. The lowest BCUT2D eigenvalue weighted by Gasteiger charge is -2.06. The van der Waals surface area contributed by atoms with E-state index < -0.39 is 0 Å². The normalized spacial score (nSPS) is 11.0. The summed E-state index contributed by atoms with van der Waals surface area (Å²) in [6, 6.07) is 13.9. The minimum Gasteiger partial charge on any atom is -0.369 e. The molecule has 0 unspecified atom stereocenters. The Hall–Kier alpha value is -2.08. The highest BCUT2D eigenvalue weighted by Crippen LogP contribution is 2.17. The van der Waals surface area contributed by atoms with Crippen LogP contribution >= 0.6 is 11.8 Å². The molecule has 0 aliphatic heterocycles. The molecule has 114 valence electrons. The van der Waals surface area contributed by atoms with Crippen molar-refractivity contribution in [2.45, 2.75) is 12.8 Å². The van der Waals surface area contributed by atoms with Crippen LogP contribution in [0.1, 0.15) is 12.8 Å². The van der Waals surface area contributed by atoms with Crippen LogP contribution in [0, 0.1) is 0 Å². The van der Waals surface area contributed by atoms with Crippen LogP contribution in [0.15, 0.2) is 42.5 Å². The molecule has 22 heavy (non-hydrogen) atoms. The predicted molar refractivity (Wildman–Crippen MR) is 92.3 cm³/mol. The van der Waals surface area contributed by atoms with Gasteiger partial charge in [-0.1, -0.05) is 30.3 Å². The maximum atomic E-state index is 4.60. The molecule has 0 fully saturated rings. The van der Waals surface area contributed by atoms with Crippen molar-refractivity contribution >= 4 is 23.2 Å². The number of unbranched alkanes of at least 4 members (excludes halogenated alkanes) is 1. The van der Waals surface area contributed by atoms with E-state index in [0.29, 0.717) is 0 Å². The minimum atomic E-state index is 0.756. The van der Waals surface area contributed by atoms with E-state index in [1.807, 2.05) is 54.2 Å². The van der Waals surface area contributed by atoms with Crippen LogP contribution in [0.4, 0.5) is 5.82 Å². The van der Waals surface area contributed by atoms with Crippen LogP contribution in [0.5, 0.6) is 0 Å². The number of anilines is 1. The molecule has 0 radical (unpaired) electrons. The third kappa shape index (κ3) is 3.39. The van der Waals surface area contributed by atoms with Gasteiger partial charge in [-0.3, -0.25) is 0 Å². The van der Waals surface area contributed by atoms with E-state index in [1.165, 1.54) is 12.2 Å².